The van der Waals surface area contributed by atoms with Gasteiger partial charge < -0.3 is 51.5 Å². The molecule has 10 N–H and O–H groups in total. The van der Waals surface area contributed by atoms with Crippen LogP contribution < -0.4 is 10.6 Å². The first-order valence-electron chi connectivity index (χ1n) is 12.9. The van der Waals surface area contributed by atoms with Crippen molar-refractivity contribution in [3.63, 3.8) is 0 Å². The molecule has 0 saturated carbocycles. The maximum atomic E-state index is 13.1. The third-order valence-electron chi connectivity index (χ3n) is 7.84. The van der Waals surface area contributed by atoms with Crippen LogP contribution >= 0.6 is 0 Å². The van der Waals surface area contributed by atoms with E-state index < -0.39 is 47.7 Å². The van der Waals surface area contributed by atoms with E-state index in [0.29, 0.717) is 41.4 Å². The van der Waals surface area contributed by atoms with Crippen LogP contribution in [0.15, 0.2) is 54.7 Å². The molecule has 2 aromatic carbocycles. The van der Waals surface area contributed by atoms with Gasteiger partial charge in [-0.15, -0.1) is 0 Å². The van der Waals surface area contributed by atoms with Crippen molar-refractivity contribution >= 4 is 17.5 Å². The van der Waals surface area contributed by atoms with Gasteiger partial charge in [0.25, 0.3) is 17.7 Å². The fourth-order valence-corrected chi connectivity index (χ4v) is 5.24. The van der Waals surface area contributed by atoms with Gasteiger partial charge in [0.05, 0.1) is 6.54 Å². The molecule has 15 nitrogen and oxygen atoms in total. The number of benzene rings is 2. The summed E-state index contributed by atoms with van der Waals surface area (Å²) in [5.41, 5.74) is 0.983. The Morgan fingerprint density at radius 1 is 0.952 bits per heavy atom. The summed E-state index contributed by atoms with van der Waals surface area (Å²) >= 11 is 0. The maximum Gasteiger partial charge on any atom is 0.354 e. The number of hydrogen-bond donors (Lipinski definition) is 10. The third kappa shape index (κ3) is 4.65. The minimum atomic E-state index is -3.78. The molecular weight excluding hydrogens is 556 g/mol. The Balaban J connectivity index is 1.29. The average molecular weight is 589 g/mol. The van der Waals surface area contributed by atoms with Crippen molar-refractivity contribution in [3.8, 4) is 0 Å². The smallest absolute Gasteiger partial charge is 0.354 e. The number of nitrogens with one attached hydrogen (secondary N) is 2. The zero-order chi connectivity index (χ0) is 30.9. The quantitative estimate of drug-likeness (QED) is 0.162. The van der Waals surface area contributed by atoms with Crippen LogP contribution in [0.5, 0.6) is 0 Å². The van der Waals surface area contributed by atoms with Crippen LogP contribution in [-0.4, -0.2) is 91.8 Å². The fraction of sp³-hybridized carbons (Fsp3) is 0.407. The van der Waals surface area contributed by atoms with E-state index in [1.54, 1.807) is 30.3 Å². The number of amides is 2. The molecule has 0 aromatic heterocycles. The van der Waals surface area contributed by atoms with E-state index in [1.165, 1.54) is 12.1 Å². The number of aliphatic hydroxyl groups is 8. The number of ether oxygens (including phenoxy) is 1. The predicted molar refractivity (Wildman–Crippen MR) is 140 cm³/mol. The Hall–Kier alpha value is -3.48. The summed E-state index contributed by atoms with van der Waals surface area (Å²) in [6.07, 6.45) is 0.345. The van der Waals surface area contributed by atoms with Crippen LogP contribution in [-0.2, 0) is 29.2 Å². The number of anilines is 1. The molecule has 5 rings (SSSR count). The maximum absolute atomic E-state index is 13.1. The van der Waals surface area contributed by atoms with Gasteiger partial charge in [0.1, 0.15) is 0 Å². The van der Waals surface area contributed by atoms with Gasteiger partial charge in [-0.3, -0.25) is 19.2 Å². The van der Waals surface area contributed by atoms with Crippen LogP contribution in [0, 0.1) is 0 Å². The van der Waals surface area contributed by atoms with Gasteiger partial charge in [-0.25, -0.2) is 0 Å². The highest BCUT2D eigenvalue weighted by atomic mass is 16.9. The van der Waals surface area contributed by atoms with Gasteiger partial charge in [-0.1, -0.05) is 36.9 Å². The van der Waals surface area contributed by atoms with Crippen LogP contribution in [0.4, 0.5) is 5.69 Å². The molecule has 2 atom stereocenters. The summed E-state index contributed by atoms with van der Waals surface area (Å²) in [5.74, 6) is -15.2. The number of fused-ring (bicyclic) bond motifs is 1. The Bertz CT molecular complexity index is 1410. The number of rotatable bonds is 6. The molecule has 3 aliphatic rings. The number of allylic oxidation sites excluding steroid dienone is 1. The number of piperidine rings is 1. The highest BCUT2D eigenvalue weighted by Crippen LogP contribution is 2.43. The standard InChI is InChI=1S/C27H32N4O11/c1-15-10-11-24(35,22(33)29-15)30-14-19-18(21(30)32)4-3-5-20(19)28-12-16-6-8-17(9-7-16)13-31-25(36,37)23(2,34)42-27(40,41)26(31,38)39/h3-9,28,34-41H,1,10-14H2,2H3,(H,29,33). The normalized spacial score (nSPS) is 28.4. The minimum Gasteiger partial charge on any atom is -0.381 e. The van der Waals surface area contributed by atoms with Crippen molar-refractivity contribution in [1.82, 2.24) is 15.1 Å². The minimum absolute atomic E-state index is 0.00133. The number of carbonyl (C=O) groups is 2. The summed E-state index contributed by atoms with van der Waals surface area (Å²) in [7, 11) is 0. The predicted octanol–water partition coefficient (Wildman–Crippen LogP) is -2.18. The fourth-order valence-electron chi connectivity index (χ4n) is 5.24. The molecule has 0 radical (unpaired) electrons. The molecule has 2 saturated heterocycles. The monoisotopic (exact) mass is 588 g/mol. The van der Waals surface area contributed by atoms with Gasteiger partial charge in [-0.2, -0.15) is 4.90 Å². The summed E-state index contributed by atoms with van der Waals surface area (Å²) in [5, 5.41) is 88.0. The first kappa shape index (κ1) is 30.0. The molecule has 0 bridgehead atoms. The first-order valence-corrected chi connectivity index (χ1v) is 12.9. The molecule has 2 unspecified atom stereocenters. The van der Waals surface area contributed by atoms with E-state index in [0.717, 1.165) is 4.90 Å². The largest absolute Gasteiger partial charge is 0.381 e. The lowest BCUT2D eigenvalue weighted by Gasteiger charge is -2.56. The topological polar surface area (TPSA) is 236 Å². The van der Waals surface area contributed by atoms with E-state index in [2.05, 4.69) is 21.9 Å². The Kier molecular flexibility index (Phi) is 6.99. The van der Waals surface area contributed by atoms with Gasteiger partial charge in [0.2, 0.25) is 11.5 Å². The zero-order valence-corrected chi connectivity index (χ0v) is 22.5. The van der Waals surface area contributed by atoms with Gasteiger partial charge >= 0.3 is 11.9 Å². The third-order valence-corrected chi connectivity index (χ3v) is 7.84. The van der Waals surface area contributed by atoms with E-state index in [9.17, 15) is 50.4 Å². The summed E-state index contributed by atoms with van der Waals surface area (Å²) < 4.78 is 4.30. The number of carbonyl (C=O) groups excluding carboxylic acids is 2. The number of morpholine rings is 1. The second kappa shape index (κ2) is 9.78. The van der Waals surface area contributed by atoms with Gasteiger partial charge in [0, 0.05) is 42.0 Å². The summed E-state index contributed by atoms with van der Waals surface area (Å²) in [4.78, 5) is 26.9. The van der Waals surface area contributed by atoms with Crippen molar-refractivity contribution in [2.75, 3.05) is 5.32 Å². The van der Waals surface area contributed by atoms with Crippen molar-refractivity contribution in [2.24, 2.45) is 0 Å². The van der Waals surface area contributed by atoms with Crippen molar-refractivity contribution in [2.45, 2.75) is 68.7 Å². The van der Waals surface area contributed by atoms with E-state index in [1.807, 2.05) is 0 Å². The Morgan fingerprint density at radius 3 is 2.24 bits per heavy atom. The molecule has 15 heteroatoms. The van der Waals surface area contributed by atoms with Crippen LogP contribution in [0.2, 0.25) is 0 Å². The van der Waals surface area contributed by atoms with E-state index in [4.69, 9.17) is 0 Å². The lowest BCUT2D eigenvalue weighted by molar-refractivity contribution is -0.624. The highest BCUT2D eigenvalue weighted by molar-refractivity contribution is 6.03. The number of hydrogen-bond acceptors (Lipinski definition) is 13. The van der Waals surface area contributed by atoms with Crippen LogP contribution in [0.25, 0.3) is 0 Å². The molecule has 2 fully saturated rings. The highest BCUT2D eigenvalue weighted by Gasteiger charge is 2.72. The van der Waals surface area contributed by atoms with Crippen molar-refractivity contribution in [3.05, 3.63) is 77.0 Å². The van der Waals surface area contributed by atoms with E-state index >= 15 is 0 Å². The molecule has 2 aromatic rings. The van der Waals surface area contributed by atoms with Crippen molar-refractivity contribution in [1.29, 1.82) is 0 Å². The van der Waals surface area contributed by atoms with E-state index in [-0.39, 0.29) is 30.0 Å². The van der Waals surface area contributed by atoms with Crippen molar-refractivity contribution < 1.29 is 55.2 Å². The molecule has 0 aliphatic carbocycles. The molecular formula is C27H32N4O11. The lowest BCUT2D eigenvalue weighted by atomic mass is 9.98. The van der Waals surface area contributed by atoms with Gasteiger partial charge in [-0.05, 0) is 36.6 Å². The average Bonchev–Trinajstić information content (AvgIpc) is 3.25. The Labute approximate surface area is 239 Å². The van der Waals surface area contributed by atoms with Crippen LogP contribution in [0.1, 0.15) is 46.8 Å². The number of nitrogens with zero attached hydrogens (tertiary/aromatic N) is 2. The molecule has 42 heavy (non-hydrogen) atoms. The molecule has 3 heterocycles. The van der Waals surface area contributed by atoms with Crippen LogP contribution in [0.3, 0.4) is 0 Å². The zero-order valence-electron chi connectivity index (χ0n) is 22.5. The molecule has 0 spiro atoms. The second-order valence-corrected chi connectivity index (χ2v) is 10.8. The SMILES string of the molecule is C=C1CCC(O)(N2Cc3c(NCc4ccc(CN5C(O)(O)C(C)(O)OC(O)(O)C5(O)O)cc4)cccc3C2=O)C(=O)N1. The summed E-state index contributed by atoms with van der Waals surface area (Å²) in [6.45, 7) is 3.98. The second-order valence-electron chi connectivity index (χ2n) is 10.8. The molecule has 226 valence electrons. The lowest BCUT2D eigenvalue weighted by Crippen LogP contribution is -2.83. The molecule has 3 aliphatic heterocycles. The Morgan fingerprint density at radius 2 is 1.60 bits per heavy atom. The first-order chi connectivity index (χ1) is 19.4. The van der Waals surface area contributed by atoms with Gasteiger partial charge in [0.15, 0.2) is 0 Å². The molecule has 2 amide bonds. The summed E-state index contributed by atoms with van der Waals surface area (Å²) in [6, 6.07) is 11.3.